The van der Waals surface area contributed by atoms with Crippen molar-refractivity contribution >= 4 is 34.8 Å². The number of nitrogens with zero attached hydrogens (tertiary/aromatic N) is 1. The Labute approximate surface area is 190 Å². The third-order valence-electron chi connectivity index (χ3n) is 5.38. The Kier molecular flexibility index (Phi) is 6.30. The number of amides is 1. The Hall–Kier alpha value is -2.83. The molecule has 0 bridgehead atoms. The average Bonchev–Trinajstić information content (AvgIpc) is 3.27. The van der Waals surface area contributed by atoms with E-state index in [1.807, 2.05) is 54.8 Å². The van der Waals surface area contributed by atoms with Crippen molar-refractivity contribution in [2.45, 2.75) is 32.5 Å². The molecule has 2 aromatic carbocycles. The van der Waals surface area contributed by atoms with Gasteiger partial charge in [-0.3, -0.25) is 4.79 Å². The summed E-state index contributed by atoms with van der Waals surface area (Å²) in [6.45, 7) is 2.64. The number of fused-ring (bicyclic) bond motifs is 1. The molecule has 4 rings (SSSR count). The van der Waals surface area contributed by atoms with E-state index in [0.29, 0.717) is 29.5 Å². The summed E-state index contributed by atoms with van der Waals surface area (Å²) >= 11 is 7.41. The molecule has 0 saturated carbocycles. The number of halogens is 1. The molecule has 5 nitrogen and oxygen atoms in total. The Balaban J connectivity index is 1.50. The largest absolute Gasteiger partial charge is 0.489 e. The summed E-state index contributed by atoms with van der Waals surface area (Å²) < 4.78 is 10.8. The van der Waals surface area contributed by atoms with Crippen LogP contribution in [-0.4, -0.2) is 29.9 Å². The second-order valence-electron chi connectivity index (χ2n) is 7.46. The summed E-state index contributed by atoms with van der Waals surface area (Å²) in [5.41, 5.74) is 3.96. The number of carbonyl (C=O) groups is 2. The maximum absolute atomic E-state index is 13.3. The van der Waals surface area contributed by atoms with Gasteiger partial charge >= 0.3 is 5.97 Å². The van der Waals surface area contributed by atoms with Gasteiger partial charge in [0.05, 0.1) is 12.0 Å². The number of thiophene rings is 1. The molecule has 0 aliphatic carbocycles. The maximum Gasteiger partial charge on any atom is 0.328 e. The van der Waals surface area contributed by atoms with Crippen LogP contribution in [0.5, 0.6) is 5.75 Å². The molecule has 2 heterocycles. The van der Waals surface area contributed by atoms with Crippen LogP contribution < -0.4 is 4.74 Å². The van der Waals surface area contributed by atoms with Crippen LogP contribution in [0.3, 0.4) is 0 Å². The third kappa shape index (κ3) is 4.60. The van der Waals surface area contributed by atoms with Crippen LogP contribution in [0.1, 0.15) is 31.9 Å². The molecule has 0 spiro atoms. The molecule has 0 fully saturated rings. The minimum Gasteiger partial charge on any atom is -0.489 e. The van der Waals surface area contributed by atoms with Gasteiger partial charge in [-0.25, -0.2) is 4.79 Å². The van der Waals surface area contributed by atoms with Gasteiger partial charge in [0.25, 0.3) is 5.91 Å². The lowest BCUT2D eigenvalue weighted by atomic mass is 9.93. The van der Waals surface area contributed by atoms with Gasteiger partial charge in [-0.05, 0) is 53.3 Å². The van der Waals surface area contributed by atoms with Crippen molar-refractivity contribution in [2.24, 2.45) is 0 Å². The van der Waals surface area contributed by atoms with E-state index in [0.717, 1.165) is 28.0 Å². The number of hydrogen-bond acceptors (Lipinski definition) is 5. The lowest BCUT2D eigenvalue weighted by Crippen LogP contribution is -2.49. The second kappa shape index (κ2) is 9.12. The molecule has 31 heavy (non-hydrogen) atoms. The van der Waals surface area contributed by atoms with Crippen LogP contribution >= 0.6 is 22.9 Å². The summed E-state index contributed by atoms with van der Waals surface area (Å²) in [7, 11) is 1.35. The molecule has 1 aromatic heterocycles. The first-order valence-corrected chi connectivity index (χ1v) is 11.1. The predicted molar refractivity (Wildman–Crippen MR) is 121 cm³/mol. The summed E-state index contributed by atoms with van der Waals surface area (Å²) in [5.74, 6) is 0.143. The number of ether oxygens (including phenoxy) is 2. The number of rotatable bonds is 5. The van der Waals surface area contributed by atoms with Crippen molar-refractivity contribution in [3.05, 3.63) is 86.1 Å². The van der Waals surface area contributed by atoms with Crippen molar-refractivity contribution in [3.8, 4) is 5.75 Å². The molecule has 1 aliphatic rings. The molecular weight excluding hydrogens is 434 g/mol. The fourth-order valence-electron chi connectivity index (χ4n) is 3.66. The zero-order chi connectivity index (χ0) is 22.0. The Morgan fingerprint density at radius 1 is 1.16 bits per heavy atom. The third-order valence-corrected chi connectivity index (χ3v) is 6.77. The molecule has 1 unspecified atom stereocenters. The first kappa shape index (κ1) is 21.4. The van der Waals surface area contributed by atoms with Gasteiger partial charge in [0, 0.05) is 23.6 Å². The molecule has 1 atom stereocenters. The fourth-order valence-corrected chi connectivity index (χ4v) is 4.63. The van der Waals surface area contributed by atoms with E-state index in [1.54, 1.807) is 11.0 Å². The Morgan fingerprint density at radius 3 is 2.68 bits per heavy atom. The lowest BCUT2D eigenvalue weighted by Gasteiger charge is -2.34. The van der Waals surface area contributed by atoms with Gasteiger partial charge in [-0.1, -0.05) is 35.9 Å². The smallest absolute Gasteiger partial charge is 0.328 e. The van der Waals surface area contributed by atoms with Crippen molar-refractivity contribution in [1.29, 1.82) is 0 Å². The summed E-state index contributed by atoms with van der Waals surface area (Å²) in [6, 6.07) is 14.6. The maximum atomic E-state index is 13.3. The number of aryl methyl sites for hydroxylation is 1. The number of hydrogen-bond donors (Lipinski definition) is 0. The standard InChI is InChI=1S/C24H22ClNO4S/c1-15-9-19(7-8-20(15)25)30-13-16-10-22(31-14-16)23(27)26-12-18-6-4-3-5-17(18)11-21(26)24(28)29-2/h3-10,14,21H,11-13H2,1-2H3. The molecule has 160 valence electrons. The van der Waals surface area contributed by atoms with E-state index >= 15 is 0 Å². The average molecular weight is 456 g/mol. The highest BCUT2D eigenvalue weighted by Crippen LogP contribution is 2.28. The van der Waals surface area contributed by atoms with Crippen LogP contribution in [-0.2, 0) is 29.1 Å². The minimum absolute atomic E-state index is 0.177. The Bertz CT molecular complexity index is 1130. The van der Waals surface area contributed by atoms with Gasteiger partial charge in [-0.15, -0.1) is 11.3 Å². The van der Waals surface area contributed by atoms with Crippen LogP contribution in [0.15, 0.2) is 53.9 Å². The number of benzene rings is 2. The number of methoxy groups -OCH3 is 1. The number of esters is 1. The van der Waals surface area contributed by atoms with Gasteiger partial charge in [0.15, 0.2) is 0 Å². The van der Waals surface area contributed by atoms with Crippen molar-refractivity contribution in [2.75, 3.05) is 7.11 Å². The SMILES string of the molecule is COC(=O)C1Cc2ccccc2CN1C(=O)c1cc(COc2ccc(Cl)c(C)c2)cs1. The first-order valence-electron chi connectivity index (χ1n) is 9.88. The van der Waals surface area contributed by atoms with Crippen LogP contribution in [0, 0.1) is 6.92 Å². The summed E-state index contributed by atoms with van der Waals surface area (Å²) in [6.07, 6.45) is 0.450. The summed E-state index contributed by atoms with van der Waals surface area (Å²) in [5, 5.41) is 2.60. The van der Waals surface area contributed by atoms with Crippen molar-refractivity contribution in [3.63, 3.8) is 0 Å². The zero-order valence-electron chi connectivity index (χ0n) is 17.3. The van der Waals surface area contributed by atoms with Gasteiger partial charge < -0.3 is 14.4 Å². The van der Waals surface area contributed by atoms with Crippen LogP contribution in [0.25, 0.3) is 0 Å². The van der Waals surface area contributed by atoms with E-state index in [2.05, 4.69) is 0 Å². The lowest BCUT2D eigenvalue weighted by molar-refractivity contribution is -0.146. The van der Waals surface area contributed by atoms with E-state index < -0.39 is 12.0 Å². The highest BCUT2D eigenvalue weighted by atomic mass is 35.5. The van der Waals surface area contributed by atoms with E-state index in [1.165, 1.54) is 18.4 Å². The highest BCUT2D eigenvalue weighted by molar-refractivity contribution is 7.12. The van der Waals surface area contributed by atoms with E-state index in [-0.39, 0.29) is 5.91 Å². The first-order chi connectivity index (χ1) is 15.0. The second-order valence-corrected chi connectivity index (χ2v) is 8.78. The zero-order valence-corrected chi connectivity index (χ0v) is 18.8. The molecule has 0 saturated heterocycles. The molecule has 1 amide bonds. The van der Waals surface area contributed by atoms with Crippen LogP contribution in [0.4, 0.5) is 0 Å². The predicted octanol–water partition coefficient (Wildman–Crippen LogP) is 5.03. The topological polar surface area (TPSA) is 55.8 Å². The summed E-state index contributed by atoms with van der Waals surface area (Å²) in [4.78, 5) is 27.9. The van der Waals surface area contributed by atoms with Crippen molar-refractivity contribution in [1.82, 2.24) is 4.90 Å². The van der Waals surface area contributed by atoms with Crippen LogP contribution in [0.2, 0.25) is 5.02 Å². The molecule has 0 N–H and O–H groups in total. The number of carbonyl (C=O) groups excluding carboxylic acids is 2. The van der Waals surface area contributed by atoms with E-state index in [9.17, 15) is 9.59 Å². The molecular formula is C24H22ClNO4S. The molecule has 1 aliphatic heterocycles. The highest BCUT2D eigenvalue weighted by Gasteiger charge is 2.36. The van der Waals surface area contributed by atoms with Crippen molar-refractivity contribution < 1.29 is 19.1 Å². The minimum atomic E-state index is -0.633. The monoisotopic (exact) mass is 455 g/mol. The van der Waals surface area contributed by atoms with Gasteiger partial charge in [0.1, 0.15) is 18.4 Å². The fraction of sp³-hybridized carbons (Fsp3) is 0.250. The normalized spacial score (nSPS) is 15.3. The van der Waals surface area contributed by atoms with Gasteiger partial charge in [0.2, 0.25) is 0 Å². The molecule has 7 heteroatoms. The quantitative estimate of drug-likeness (QED) is 0.506. The Morgan fingerprint density at radius 2 is 1.94 bits per heavy atom. The molecule has 3 aromatic rings. The molecule has 0 radical (unpaired) electrons. The van der Waals surface area contributed by atoms with E-state index in [4.69, 9.17) is 21.1 Å². The van der Waals surface area contributed by atoms with Gasteiger partial charge in [-0.2, -0.15) is 0 Å².